The van der Waals surface area contributed by atoms with Gasteiger partial charge in [-0.2, -0.15) is 5.10 Å². The lowest BCUT2D eigenvalue weighted by atomic mass is 10.1. The first kappa shape index (κ1) is 20.1. The van der Waals surface area contributed by atoms with Crippen molar-refractivity contribution in [2.45, 2.75) is 13.5 Å². The van der Waals surface area contributed by atoms with Crippen molar-refractivity contribution in [2.24, 2.45) is 5.10 Å². The molecule has 2 aromatic heterocycles. The summed E-state index contributed by atoms with van der Waals surface area (Å²) < 4.78 is 7.84. The molecular weight excluding hydrogens is 422 g/mol. The molecule has 3 aromatic carbocycles. The Bertz CT molecular complexity index is 1430. The molecule has 32 heavy (non-hydrogen) atoms. The molecule has 158 valence electrons. The fraction of sp³-hybridized carbons (Fsp3) is 0.0769. The monoisotopic (exact) mass is 441 g/mol. The predicted molar refractivity (Wildman–Crippen MR) is 129 cm³/mol. The van der Waals surface area contributed by atoms with Gasteiger partial charge in [-0.25, -0.2) is 5.43 Å². The van der Waals surface area contributed by atoms with Crippen LogP contribution < -0.4 is 5.43 Å². The van der Waals surface area contributed by atoms with E-state index in [1.54, 1.807) is 12.3 Å². The fourth-order valence-electron chi connectivity index (χ4n) is 3.90. The van der Waals surface area contributed by atoms with Gasteiger partial charge in [0.15, 0.2) is 5.76 Å². The average molecular weight is 442 g/mol. The Hall–Kier alpha value is -3.83. The highest BCUT2D eigenvalue weighted by atomic mass is 35.5. The average Bonchev–Trinajstić information content (AvgIpc) is 3.36. The van der Waals surface area contributed by atoms with Crippen molar-refractivity contribution in [1.29, 1.82) is 0 Å². The molecule has 0 aliphatic rings. The van der Waals surface area contributed by atoms with Gasteiger partial charge in [0.1, 0.15) is 5.58 Å². The molecule has 0 aliphatic heterocycles. The van der Waals surface area contributed by atoms with E-state index < -0.39 is 0 Å². The highest BCUT2D eigenvalue weighted by Crippen LogP contribution is 2.26. The van der Waals surface area contributed by atoms with Gasteiger partial charge in [0.05, 0.1) is 6.21 Å². The number of aromatic nitrogens is 1. The summed E-state index contributed by atoms with van der Waals surface area (Å²) in [5.74, 6) is -0.162. The van der Waals surface area contributed by atoms with Gasteiger partial charge in [-0.15, -0.1) is 0 Å². The Morgan fingerprint density at radius 2 is 1.81 bits per heavy atom. The van der Waals surface area contributed by atoms with Crippen LogP contribution in [0.2, 0.25) is 5.02 Å². The molecule has 0 fully saturated rings. The van der Waals surface area contributed by atoms with Crippen molar-refractivity contribution in [3.05, 3.63) is 106 Å². The van der Waals surface area contributed by atoms with Crippen molar-refractivity contribution in [3.8, 4) is 0 Å². The minimum Gasteiger partial charge on any atom is -0.451 e. The van der Waals surface area contributed by atoms with Crippen molar-refractivity contribution in [2.75, 3.05) is 0 Å². The number of benzene rings is 3. The summed E-state index contributed by atoms with van der Waals surface area (Å²) >= 11 is 6.03. The molecule has 5 rings (SSSR count). The molecule has 0 unspecified atom stereocenters. The van der Waals surface area contributed by atoms with Crippen LogP contribution in [0.1, 0.15) is 27.4 Å². The third-order valence-corrected chi connectivity index (χ3v) is 5.79. The van der Waals surface area contributed by atoms with Crippen molar-refractivity contribution in [3.63, 3.8) is 0 Å². The maximum atomic E-state index is 12.5. The van der Waals surface area contributed by atoms with Gasteiger partial charge in [0, 0.05) is 39.1 Å². The number of hydrazone groups is 1. The van der Waals surface area contributed by atoms with Crippen LogP contribution in [0.5, 0.6) is 0 Å². The number of nitrogens with zero attached hydrogens (tertiary/aromatic N) is 2. The van der Waals surface area contributed by atoms with Gasteiger partial charge >= 0.3 is 5.91 Å². The molecule has 0 radical (unpaired) electrons. The number of amides is 1. The smallest absolute Gasteiger partial charge is 0.307 e. The second-order valence-electron chi connectivity index (χ2n) is 7.58. The zero-order chi connectivity index (χ0) is 22.1. The number of hydrogen-bond acceptors (Lipinski definition) is 3. The molecule has 0 spiro atoms. The van der Waals surface area contributed by atoms with E-state index in [1.165, 1.54) is 0 Å². The number of hydrogen-bond donors (Lipinski definition) is 1. The molecule has 0 bridgehead atoms. The van der Waals surface area contributed by atoms with Gasteiger partial charge in [0.2, 0.25) is 0 Å². The van der Waals surface area contributed by atoms with E-state index in [9.17, 15) is 4.79 Å². The molecule has 0 saturated heterocycles. The van der Waals surface area contributed by atoms with Crippen LogP contribution in [0, 0.1) is 6.92 Å². The minimum atomic E-state index is -0.389. The standard InChI is InChI=1S/C26H20ClN3O2/c1-17-22(15-28-29-26(31)25-14-19-6-2-5-9-24(19)32-25)21-7-3-4-8-23(21)30(17)16-18-10-12-20(27)13-11-18/h2-15H,16H2,1H3,(H,29,31). The van der Waals surface area contributed by atoms with Crippen molar-refractivity contribution in [1.82, 2.24) is 9.99 Å². The topological polar surface area (TPSA) is 59.5 Å². The Kier molecular flexibility index (Phi) is 5.25. The summed E-state index contributed by atoms with van der Waals surface area (Å²) in [7, 11) is 0. The maximum absolute atomic E-state index is 12.5. The fourth-order valence-corrected chi connectivity index (χ4v) is 4.03. The molecule has 0 saturated carbocycles. The number of para-hydroxylation sites is 2. The normalized spacial score (nSPS) is 11.6. The van der Waals surface area contributed by atoms with Gasteiger partial charge < -0.3 is 8.98 Å². The number of nitrogens with one attached hydrogen (secondary N) is 1. The minimum absolute atomic E-state index is 0.227. The molecule has 0 atom stereocenters. The highest BCUT2D eigenvalue weighted by molar-refractivity contribution is 6.30. The Morgan fingerprint density at radius 3 is 2.62 bits per heavy atom. The quantitative estimate of drug-likeness (QED) is 0.262. The SMILES string of the molecule is Cc1c(C=NNC(=O)c2cc3ccccc3o2)c2ccccc2n1Cc1ccc(Cl)cc1. The lowest BCUT2D eigenvalue weighted by Gasteiger charge is -2.09. The van der Waals surface area contributed by atoms with Crippen LogP contribution in [0.15, 0.2) is 88.4 Å². The van der Waals surface area contributed by atoms with E-state index in [2.05, 4.69) is 34.2 Å². The molecule has 2 heterocycles. The Morgan fingerprint density at radius 1 is 1.06 bits per heavy atom. The lowest BCUT2D eigenvalue weighted by molar-refractivity contribution is 0.0929. The van der Waals surface area contributed by atoms with E-state index in [0.717, 1.165) is 38.1 Å². The first-order chi connectivity index (χ1) is 15.6. The van der Waals surface area contributed by atoms with Crippen LogP contribution in [0.25, 0.3) is 21.9 Å². The van der Waals surface area contributed by atoms with Crippen LogP contribution >= 0.6 is 11.6 Å². The third kappa shape index (κ3) is 3.79. The molecular formula is C26H20ClN3O2. The zero-order valence-electron chi connectivity index (χ0n) is 17.4. The summed E-state index contributed by atoms with van der Waals surface area (Å²) in [6.07, 6.45) is 1.69. The molecule has 1 N–H and O–H groups in total. The van der Waals surface area contributed by atoms with Gasteiger partial charge in [-0.3, -0.25) is 4.79 Å². The summed E-state index contributed by atoms with van der Waals surface area (Å²) in [6, 6.07) is 25.2. The van der Waals surface area contributed by atoms with E-state index in [-0.39, 0.29) is 11.7 Å². The number of carbonyl (C=O) groups is 1. The van der Waals surface area contributed by atoms with E-state index >= 15 is 0 Å². The summed E-state index contributed by atoms with van der Waals surface area (Å²) in [6.45, 7) is 2.76. The molecule has 6 heteroatoms. The number of fused-ring (bicyclic) bond motifs is 2. The number of furan rings is 1. The first-order valence-electron chi connectivity index (χ1n) is 10.2. The molecule has 5 aromatic rings. The maximum Gasteiger partial charge on any atom is 0.307 e. The van der Waals surface area contributed by atoms with Gasteiger partial charge in [-0.1, -0.05) is 60.1 Å². The van der Waals surface area contributed by atoms with Crippen molar-refractivity contribution < 1.29 is 9.21 Å². The first-order valence-corrected chi connectivity index (χ1v) is 10.6. The molecule has 5 nitrogen and oxygen atoms in total. The van der Waals surface area contributed by atoms with E-state index in [1.807, 2.05) is 60.7 Å². The predicted octanol–water partition coefficient (Wildman–Crippen LogP) is 6.16. The molecule has 0 aliphatic carbocycles. The van der Waals surface area contributed by atoms with E-state index in [0.29, 0.717) is 12.1 Å². The Labute approximate surface area is 189 Å². The zero-order valence-corrected chi connectivity index (χ0v) is 18.1. The number of halogens is 1. The second-order valence-corrected chi connectivity index (χ2v) is 8.01. The number of rotatable bonds is 5. The van der Waals surface area contributed by atoms with Gasteiger partial charge in [0.25, 0.3) is 0 Å². The Balaban J connectivity index is 1.42. The summed E-state index contributed by atoms with van der Waals surface area (Å²) in [5.41, 5.74) is 7.52. The van der Waals surface area contributed by atoms with Gasteiger partial charge in [-0.05, 0) is 42.8 Å². The van der Waals surface area contributed by atoms with Crippen LogP contribution in [-0.4, -0.2) is 16.7 Å². The number of carbonyl (C=O) groups excluding carboxylic acids is 1. The van der Waals surface area contributed by atoms with E-state index in [4.69, 9.17) is 16.0 Å². The van der Waals surface area contributed by atoms with Crippen LogP contribution in [0.3, 0.4) is 0 Å². The van der Waals surface area contributed by atoms with Crippen molar-refractivity contribution >= 4 is 45.6 Å². The highest BCUT2D eigenvalue weighted by Gasteiger charge is 2.14. The largest absolute Gasteiger partial charge is 0.451 e. The summed E-state index contributed by atoms with van der Waals surface area (Å²) in [4.78, 5) is 12.5. The lowest BCUT2D eigenvalue weighted by Crippen LogP contribution is -2.16. The molecule has 1 amide bonds. The second kappa shape index (κ2) is 8.36. The van der Waals surface area contributed by atoms with Crippen LogP contribution in [0.4, 0.5) is 0 Å². The summed E-state index contributed by atoms with van der Waals surface area (Å²) in [5, 5.41) is 6.88. The third-order valence-electron chi connectivity index (χ3n) is 5.54. The van der Waals surface area contributed by atoms with Crippen LogP contribution in [-0.2, 0) is 6.54 Å².